The zero-order chi connectivity index (χ0) is 19.2. The van der Waals surface area contributed by atoms with Crippen molar-refractivity contribution in [3.05, 3.63) is 57.7 Å². The highest BCUT2D eigenvalue weighted by Gasteiger charge is 2.14. The Hall–Kier alpha value is -2.12. The molecule has 142 valence electrons. The predicted octanol–water partition coefficient (Wildman–Crippen LogP) is 3.71. The predicted molar refractivity (Wildman–Crippen MR) is 113 cm³/mol. The third-order valence-corrected chi connectivity index (χ3v) is 6.16. The first-order chi connectivity index (χ1) is 13.1. The third-order valence-electron chi connectivity index (χ3n) is 4.30. The minimum Gasteiger partial charge on any atom is -0.353 e. The molecule has 1 N–H and O–H groups in total. The summed E-state index contributed by atoms with van der Waals surface area (Å²) in [4.78, 5) is 29.3. The number of hydrogen-bond donors (Lipinski definition) is 1. The van der Waals surface area contributed by atoms with Gasteiger partial charge < -0.3 is 5.32 Å². The number of nitrogens with zero attached hydrogens (tertiary/aromatic N) is 2. The molecular weight excluding hydrogens is 378 g/mol. The Balaban J connectivity index is 1.56. The highest BCUT2D eigenvalue weighted by molar-refractivity contribution is 7.99. The molecule has 0 aliphatic rings. The van der Waals surface area contributed by atoms with Crippen molar-refractivity contribution in [2.75, 3.05) is 5.75 Å². The van der Waals surface area contributed by atoms with E-state index < -0.39 is 0 Å². The van der Waals surface area contributed by atoms with E-state index in [-0.39, 0.29) is 23.3 Å². The summed E-state index contributed by atoms with van der Waals surface area (Å²) in [6.45, 7) is 4.47. The Kier molecular flexibility index (Phi) is 6.68. The van der Waals surface area contributed by atoms with E-state index in [0.29, 0.717) is 21.9 Å². The molecule has 1 aromatic carbocycles. The Morgan fingerprint density at radius 1 is 1.30 bits per heavy atom. The molecular formula is C20H23N3O2S2. The van der Waals surface area contributed by atoms with Gasteiger partial charge in [-0.1, -0.05) is 42.1 Å². The van der Waals surface area contributed by atoms with Gasteiger partial charge in [0.2, 0.25) is 5.91 Å². The van der Waals surface area contributed by atoms with E-state index in [2.05, 4.69) is 22.4 Å². The molecule has 0 saturated heterocycles. The van der Waals surface area contributed by atoms with Gasteiger partial charge in [-0.15, -0.1) is 11.3 Å². The third kappa shape index (κ3) is 4.99. The van der Waals surface area contributed by atoms with E-state index in [1.165, 1.54) is 28.7 Å². The lowest BCUT2D eigenvalue weighted by molar-refractivity contribution is -0.119. The van der Waals surface area contributed by atoms with Crippen LogP contribution in [-0.4, -0.2) is 27.3 Å². The van der Waals surface area contributed by atoms with Crippen LogP contribution >= 0.6 is 23.1 Å². The van der Waals surface area contributed by atoms with Crippen molar-refractivity contribution in [1.82, 2.24) is 14.9 Å². The first-order valence-electron chi connectivity index (χ1n) is 9.02. The number of amides is 1. The lowest BCUT2D eigenvalue weighted by Gasteiger charge is -2.14. The molecule has 0 spiro atoms. The fourth-order valence-corrected chi connectivity index (χ4v) is 4.51. The molecule has 1 atom stereocenters. The van der Waals surface area contributed by atoms with Crippen molar-refractivity contribution in [3.63, 3.8) is 0 Å². The van der Waals surface area contributed by atoms with E-state index >= 15 is 0 Å². The number of carbonyl (C=O) groups excluding carboxylic acids is 1. The summed E-state index contributed by atoms with van der Waals surface area (Å²) in [5.74, 6) is 0.209. The molecule has 5 nitrogen and oxygen atoms in total. The Morgan fingerprint density at radius 3 is 2.81 bits per heavy atom. The number of benzene rings is 1. The number of aromatic nitrogens is 2. The van der Waals surface area contributed by atoms with Gasteiger partial charge in [-0.2, -0.15) is 0 Å². The summed E-state index contributed by atoms with van der Waals surface area (Å²) < 4.78 is 2.30. The molecule has 1 unspecified atom stereocenters. The highest BCUT2D eigenvalue weighted by atomic mass is 32.2. The summed E-state index contributed by atoms with van der Waals surface area (Å²) in [5.41, 5.74) is 1.94. The first-order valence-corrected chi connectivity index (χ1v) is 10.9. The van der Waals surface area contributed by atoms with Gasteiger partial charge in [0, 0.05) is 12.6 Å². The highest BCUT2D eigenvalue weighted by Crippen LogP contribution is 2.20. The van der Waals surface area contributed by atoms with Gasteiger partial charge in [0.15, 0.2) is 5.16 Å². The first kappa shape index (κ1) is 19.6. The molecule has 7 heteroatoms. The van der Waals surface area contributed by atoms with Crippen LogP contribution in [0.25, 0.3) is 10.2 Å². The van der Waals surface area contributed by atoms with Gasteiger partial charge in [-0.25, -0.2) is 4.98 Å². The number of fused-ring (bicyclic) bond motifs is 1. The Labute approximate surface area is 166 Å². The molecule has 1 amide bonds. The van der Waals surface area contributed by atoms with Crippen molar-refractivity contribution in [2.24, 2.45) is 0 Å². The minimum atomic E-state index is -0.0390. The van der Waals surface area contributed by atoms with E-state index in [9.17, 15) is 9.59 Å². The minimum absolute atomic E-state index is 0.0309. The molecule has 0 aliphatic carbocycles. The Bertz CT molecular complexity index is 966. The standard InChI is InChI=1S/C20H23N3O2S2/c1-3-23-19(25)18-16(11-12-26-18)22-20(23)27-13-17(24)21-14(2)9-10-15-7-5-4-6-8-15/h4-8,11-12,14H,3,9-10,13H2,1-2H3,(H,21,24). The number of carbonyl (C=O) groups is 1. The van der Waals surface area contributed by atoms with Crippen molar-refractivity contribution in [3.8, 4) is 0 Å². The number of thioether (sulfide) groups is 1. The molecule has 2 heterocycles. The van der Waals surface area contributed by atoms with Crippen LogP contribution in [0.1, 0.15) is 25.8 Å². The largest absolute Gasteiger partial charge is 0.353 e. The van der Waals surface area contributed by atoms with Crippen molar-refractivity contribution in [2.45, 2.75) is 44.4 Å². The molecule has 0 saturated carbocycles. The molecule has 0 radical (unpaired) electrons. The van der Waals surface area contributed by atoms with Crippen LogP contribution in [0.15, 0.2) is 51.7 Å². The van der Waals surface area contributed by atoms with Crippen LogP contribution in [0.5, 0.6) is 0 Å². The van der Waals surface area contributed by atoms with Gasteiger partial charge in [0.05, 0.1) is 11.3 Å². The molecule has 0 aliphatic heterocycles. The average Bonchev–Trinajstić information content (AvgIpc) is 3.14. The topological polar surface area (TPSA) is 64.0 Å². The van der Waals surface area contributed by atoms with Crippen LogP contribution in [0.4, 0.5) is 0 Å². The van der Waals surface area contributed by atoms with Gasteiger partial charge in [0.1, 0.15) is 4.70 Å². The van der Waals surface area contributed by atoms with E-state index in [1.807, 2.05) is 43.5 Å². The number of aryl methyl sites for hydroxylation is 1. The molecule has 3 aromatic rings. The summed E-state index contributed by atoms with van der Waals surface area (Å²) in [6.07, 6.45) is 1.82. The van der Waals surface area contributed by atoms with Gasteiger partial charge in [-0.05, 0) is 43.7 Å². The normalized spacial score (nSPS) is 12.2. The fourth-order valence-electron chi connectivity index (χ4n) is 2.86. The lowest BCUT2D eigenvalue weighted by Crippen LogP contribution is -2.34. The number of hydrogen-bond acceptors (Lipinski definition) is 5. The van der Waals surface area contributed by atoms with E-state index in [4.69, 9.17) is 0 Å². The maximum atomic E-state index is 12.5. The zero-order valence-electron chi connectivity index (χ0n) is 15.5. The summed E-state index contributed by atoms with van der Waals surface area (Å²) in [6, 6.07) is 12.2. The van der Waals surface area contributed by atoms with E-state index in [0.717, 1.165) is 12.8 Å². The summed E-state index contributed by atoms with van der Waals surface area (Å²) in [5, 5.41) is 5.50. The molecule has 3 rings (SSSR count). The monoisotopic (exact) mass is 401 g/mol. The van der Waals surface area contributed by atoms with Gasteiger partial charge in [0.25, 0.3) is 5.56 Å². The smallest absolute Gasteiger partial charge is 0.272 e. The molecule has 0 bridgehead atoms. The van der Waals surface area contributed by atoms with E-state index in [1.54, 1.807) is 4.57 Å². The molecule has 27 heavy (non-hydrogen) atoms. The lowest BCUT2D eigenvalue weighted by atomic mass is 10.1. The SMILES string of the molecule is CCn1c(SCC(=O)NC(C)CCc2ccccc2)nc2ccsc2c1=O. The van der Waals surface area contributed by atoms with Crippen LogP contribution < -0.4 is 10.9 Å². The number of thiophene rings is 1. The second-order valence-corrected chi connectivity index (χ2v) is 8.22. The zero-order valence-corrected chi connectivity index (χ0v) is 17.1. The number of nitrogens with one attached hydrogen (secondary N) is 1. The second-order valence-electron chi connectivity index (χ2n) is 6.36. The Morgan fingerprint density at radius 2 is 2.07 bits per heavy atom. The second kappa shape index (κ2) is 9.19. The quantitative estimate of drug-likeness (QED) is 0.462. The van der Waals surface area contributed by atoms with Crippen LogP contribution in [0, 0.1) is 0 Å². The van der Waals surface area contributed by atoms with Crippen LogP contribution in [-0.2, 0) is 17.8 Å². The van der Waals surface area contributed by atoms with Crippen LogP contribution in [0.3, 0.4) is 0 Å². The van der Waals surface area contributed by atoms with Crippen molar-refractivity contribution in [1.29, 1.82) is 0 Å². The van der Waals surface area contributed by atoms with Gasteiger partial charge in [-0.3, -0.25) is 14.2 Å². The molecule has 0 fully saturated rings. The van der Waals surface area contributed by atoms with Crippen LogP contribution in [0.2, 0.25) is 0 Å². The average molecular weight is 402 g/mol. The maximum Gasteiger partial charge on any atom is 0.272 e. The summed E-state index contributed by atoms with van der Waals surface area (Å²) in [7, 11) is 0. The molecule has 2 aromatic heterocycles. The number of rotatable bonds is 8. The van der Waals surface area contributed by atoms with Gasteiger partial charge >= 0.3 is 0 Å². The van der Waals surface area contributed by atoms with Crippen molar-refractivity contribution < 1.29 is 4.79 Å². The maximum absolute atomic E-state index is 12.5. The van der Waals surface area contributed by atoms with Crippen molar-refractivity contribution >= 4 is 39.2 Å². The fraction of sp³-hybridized carbons (Fsp3) is 0.350. The summed E-state index contributed by atoms with van der Waals surface area (Å²) >= 11 is 2.72.